The summed E-state index contributed by atoms with van der Waals surface area (Å²) in [6.45, 7) is 0.174. The van der Waals surface area contributed by atoms with E-state index in [2.05, 4.69) is 10.6 Å². The van der Waals surface area contributed by atoms with Gasteiger partial charge in [0.2, 0.25) is 5.91 Å². The molecule has 0 bridgehead atoms. The molecule has 1 rings (SSSR count). The second-order valence-electron chi connectivity index (χ2n) is 4.45. The molecule has 1 atom stereocenters. The molecule has 112 valence electrons. The summed E-state index contributed by atoms with van der Waals surface area (Å²) >= 11 is 1.50. The van der Waals surface area contributed by atoms with Crippen molar-refractivity contribution in [3.8, 4) is 0 Å². The van der Waals surface area contributed by atoms with E-state index in [1.807, 2.05) is 0 Å². The molecule has 1 unspecified atom stereocenters. The number of aliphatic hydroxyl groups is 1. The number of thioether (sulfide) groups is 1. The lowest BCUT2D eigenvalue weighted by atomic mass is 9.85. The number of aliphatic hydroxyl groups excluding tert-OH is 1. The average molecular weight is 300 g/mol. The summed E-state index contributed by atoms with van der Waals surface area (Å²) < 4.78 is 39.0. The van der Waals surface area contributed by atoms with Gasteiger partial charge in [0, 0.05) is 25.4 Å². The molecule has 0 aliphatic carbocycles. The number of rotatable bonds is 7. The van der Waals surface area contributed by atoms with E-state index in [-0.39, 0.29) is 32.7 Å². The highest BCUT2D eigenvalue weighted by Crippen LogP contribution is 2.43. The lowest BCUT2D eigenvalue weighted by Crippen LogP contribution is -2.52. The van der Waals surface area contributed by atoms with Crippen LogP contribution in [0.25, 0.3) is 0 Å². The molecule has 8 heteroatoms. The van der Waals surface area contributed by atoms with Gasteiger partial charge < -0.3 is 15.7 Å². The third-order valence-electron chi connectivity index (χ3n) is 3.11. The fourth-order valence-electron chi connectivity index (χ4n) is 1.93. The second kappa shape index (κ2) is 7.35. The molecule has 3 N–H and O–H groups in total. The van der Waals surface area contributed by atoms with Crippen molar-refractivity contribution in [1.82, 2.24) is 10.6 Å². The smallest absolute Gasteiger partial charge is 0.396 e. The van der Waals surface area contributed by atoms with Crippen molar-refractivity contribution in [3.05, 3.63) is 0 Å². The number of amides is 1. The Kier molecular flexibility index (Phi) is 6.41. The third kappa shape index (κ3) is 4.25. The molecule has 0 spiro atoms. The minimum absolute atomic E-state index is 0.0994. The van der Waals surface area contributed by atoms with Crippen LogP contribution in [0.5, 0.6) is 0 Å². The van der Waals surface area contributed by atoms with Crippen molar-refractivity contribution in [2.24, 2.45) is 5.41 Å². The van der Waals surface area contributed by atoms with Crippen LogP contribution in [0.3, 0.4) is 0 Å². The maximum Gasteiger partial charge on any atom is 0.404 e. The fraction of sp³-hybridized carbons (Fsp3) is 0.909. The van der Waals surface area contributed by atoms with Crippen LogP contribution >= 0.6 is 11.8 Å². The van der Waals surface area contributed by atoms with Crippen LogP contribution in [0.2, 0.25) is 0 Å². The summed E-state index contributed by atoms with van der Waals surface area (Å²) in [5, 5.41) is 13.5. The zero-order chi connectivity index (χ0) is 14.4. The first-order valence-electron chi connectivity index (χ1n) is 6.18. The number of hydrogen-bond donors (Lipinski definition) is 3. The minimum Gasteiger partial charge on any atom is -0.396 e. The first-order valence-corrected chi connectivity index (χ1v) is 7.34. The zero-order valence-electron chi connectivity index (χ0n) is 10.6. The van der Waals surface area contributed by atoms with E-state index < -0.39 is 17.5 Å². The summed E-state index contributed by atoms with van der Waals surface area (Å²) in [5.41, 5.74) is -2.28. The predicted octanol–water partition coefficient (Wildman–Crippen LogP) is 0.760. The van der Waals surface area contributed by atoms with Crippen LogP contribution in [0.1, 0.15) is 12.8 Å². The van der Waals surface area contributed by atoms with Crippen molar-refractivity contribution < 1.29 is 23.1 Å². The van der Waals surface area contributed by atoms with Gasteiger partial charge in [-0.15, -0.1) is 0 Å². The Morgan fingerprint density at radius 2 is 2.16 bits per heavy atom. The number of hydrogen-bond acceptors (Lipinski definition) is 4. The zero-order valence-corrected chi connectivity index (χ0v) is 11.4. The van der Waals surface area contributed by atoms with E-state index in [0.29, 0.717) is 12.2 Å². The van der Waals surface area contributed by atoms with E-state index in [9.17, 15) is 18.0 Å². The van der Waals surface area contributed by atoms with E-state index in [1.54, 1.807) is 0 Å². The van der Waals surface area contributed by atoms with Crippen LogP contribution in [0.4, 0.5) is 13.2 Å². The number of alkyl halides is 3. The maximum atomic E-state index is 13.0. The Morgan fingerprint density at radius 1 is 1.42 bits per heavy atom. The van der Waals surface area contributed by atoms with Crippen LogP contribution in [-0.2, 0) is 4.79 Å². The van der Waals surface area contributed by atoms with Crippen LogP contribution in [-0.4, -0.2) is 54.9 Å². The number of carbonyl (C=O) groups excluding carboxylic acids is 1. The molecular weight excluding hydrogens is 281 g/mol. The largest absolute Gasteiger partial charge is 0.404 e. The molecule has 1 fully saturated rings. The Labute approximate surface area is 114 Å². The summed E-state index contributed by atoms with van der Waals surface area (Å²) in [7, 11) is 0. The monoisotopic (exact) mass is 300 g/mol. The van der Waals surface area contributed by atoms with Gasteiger partial charge in [0.1, 0.15) is 0 Å². The topological polar surface area (TPSA) is 61.4 Å². The molecule has 1 aliphatic heterocycles. The van der Waals surface area contributed by atoms with E-state index >= 15 is 0 Å². The van der Waals surface area contributed by atoms with Gasteiger partial charge in [-0.1, -0.05) is 0 Å². The van der Waals surface area contributed by atoms with Crippen LogP contribution in [0.15, 0.2) is 0 Å². The molecule has 1 amide bonds. The summed E-state index contributed by atoms with van der Waals surface area (Å²) in [4.78, 5) is 11.8. The first kappa shape index (κ1) is 16.6. The Morgan fingerprint density at radius 3 is 2.68 bits per heavy atom. The second-order valence-corrected chi connectivity index (χ2v) is 5.68. The molecule has 0 aromatic heterocycles. The molecule has 1 saturated heterocycles. The van der Waals surface area contributed by atoms with Crippen molar-refractivity contribution in [3.63, 3.8) is 0 Å². The number of carbonyl (C=O) groups is 1. The van der Waals surface area contributed by atoms with Gasteiger partial charge in [-0.05, 0) is 25.1 Å². The summed E-state index contributed by atoms with van der Waals surface area (Å²) in [6.07, 6.45) is -4.08. The Balaban J connectivity index is 2.38. The summed E-state index contributed by atoms with van der Waals surface area (Å²) in [6, 6.07) is 0. The SMILES string of the molecule is O=C(NCCSCCCO)C1(C(F)(F)F)CCNC1. The van der Waals surface area contributed by atoms with Gasteiger partial charge in [0.15, 0.2) is 5.41 Å². The molecule has 0 radical (unpaired) electrons. The molecule has 1 aliphatic rings. The van der Waals surface area contributed by atoms with Gasteiger partial charge in [-0.3, -0.25) is 4.79 Å². The fourth-order valence-corrected chi connectivity index (χ4v) is 2.71. The standard InChI is InChI=1S/C11H19F3N2O2S/c12-11(13,14)10(2-3-15-8-10)9(18)16-4-7-19-6-1-5-17/h15,17H,1-8H2,(H,16,18). The molecule has 0 aromatic carbocycles. The highest BCUT2D eigenvalue weighted by Gasteiger charge is 2.61. The maximum absolute atomic E-state index is 13.0. The van der Waals surface area contributed by atoms with Crippen LogP contribution < -0.4 is 10.6 Å². The van der Waals surface area contributed by atoms with Crippen molar-refractivity contribution in [2.45, 2.75) is 19.0 Å². The van der Waals surface area contributed by atoms with Gasteiger partial charge in [0.25, 0.3) is 0 Å². The van der Waals surface area contributed by atoms with Crippen molar-refractivity contribution in [2.75, 3.05) is 37.7 Å². The Bertz CT molecular complexity index is 294. The Hall–Kier alpha value is -0.470. The van der Waals surface area contributed by atoms with E-state index in [4.69, 9.17) is 5.11 Å². The van der Waals surface area contributed by atoms with Crippen molar-refractivity contribution in [1.29, 1.82) is 0 Å². The molecule has 0 aromatic rings. The molecular formula is C11H19F3N2O2S. The molecule has 4 nitrogen and oxygen atoms in total. The van der Waals surface area contributed by atoms with Crippen molar-refractivity contribution >= 4 is 17.7 Å². The van der Waals surface area contributed by atoms with E-state index in [1.165, 1.54) is 11.8 Å². The highest BCUT2D eigenvalue weighted by molar-refractivity contribution is 7.99. The minimum atomic E-state index is -4.52. The predicted molar refractivity (Wildman–Crippen MR) is 68.0 cm³/mol. The normalized spacial score (nSPS) is 23.6. The molecule has 19 heavy (non-hydrogen) atoms. The van der Waals surface area contributed by atoms with Gasteiger partial charge >= 0.3 is 6.18 Å². The number of nitrogens with one attached hydrogen (secondary N) is 2. The quantitative estimate of drug-likeness (QED) is 0.608. The number of halogens is 3. The van der Waals surface area contributed by atoms with Gasteiger partial charge in [-0.2, -0.15) is 24.9 Å². The van der Waals surface area contributed by atoms with Gasteiger partial charge in [0.05, 0.1) is 0 Å². The van der Waals surface area contributed by atoms with E-state index in [0.717, 1.165) is 5.75 Å². The summed E-state index contributed by atoms with van der Waals surface area (Å²) in [5.74, 6) is 0.346. The van der Waals surface area contributed by atoms with Gasteiger partial charge in [-0.25, -0.2) is 0 Å². The lowest BCUT2D eigenvalue weighted by Gasteiger charge is -2.29. The highest BCUT2D eigenvalue weighted by atomic mass is 32.2. The van der Waals surface area contributed by atoms with Crippen LogP contribution in [0, 0.1) is 5.41 Å². The molecule has 0 saturated carbocycles. The molecule has 1 heterocycles. The first-order chi connectivity index (χ1) is 8.94. The average Bonchev–Trinajstić information content (AvgIpc) is 2.83. The lowest BCUT2D eigenvalue weighted by molar-refractivity contribution is -0.215. The third-order valence-corrected chi connectivity index (χ3v) is 4.18.